The minimum absolute atomic E-state index is 0.0127. The molecule has 5 heteroatoms. The lowest BCUT2D eigenvalue weighted by atomic mass is 9.99. The molecule has 0 spiro atoms. The van der Waals surface area contributed by atoms with Crippen LogP contribution < -0.4 is 5.73 Å². The third kappa shape index (κ3) is 2.97. The molecule has 0 heterocycles. The average molecular weight is 244 g/mol. The molecule has 0 amide bonds. The summed E-state index contributed by atoms with van der Waals surface area (Å²) in [5.74, 6) is -4.01. The number of carbonyl (C=O) groups excluding carboxylic acids is 1. The maximum Gasteiger partial charge on any atom is 0.306 e. The molecule has 0 aliphatic rings. The summed E-state index contributed by atoms with van der Waals surface area (Å²) in [7, 11) is 0. The molecule has 0 radical (unpaired) electrons. The minimum atomic E-state index is -1.95. The number of anilines is 1. The number of ketones is 1. The summed E-state index contributed by atoms with van der Waals surface area (Å²) >= 11 is 5.67. The Morgan fingerprint density at radius 1 is 1.75 bits per heavy atom. The van der Waals surface area contributed by atoms with E-state index in [0.29, 0.717) is 0 Å². The van der Waals surface area contributed by atoms with Gasteiger partial charge in [-0.1, -0.05) is 18.5 Å². The van der Waals surface area contributed by atoms with E-state index in [2.05, 4.69) is 0 Å². The van der Waals surface area contributed by atoms with Crippen molar-refractivity contribution in [1.29, 1.82) is 0 Å². The highest BCUT2D eigenvalue weighted by Crippen LogP contribution is 2.20. The van der Waals surface area contributed by atoms with E-state index < -0.39 is 24.1 Å². The van der Waals surface area contributed by atoms with Crippen LogP contribution in [0, 0.1) is 5.89 Å². The van der Waals surface area contributed by atoms with Gasteiger partial charge in [0.05, 0.1) is 7.26 Å². The molecule has 0 aliphatic heterocycles. The SMILES string of the molecule is [2H]c1cc(Cl)cc(N)c1C(=O)CC([2H])(C)C(=O)O. The van der Waals surface area contributed by atoms with E-state index in [9.17, 15) is 9.59 Å². The number of carboxylic acid groups (broad SMARTS) is 1. The monoisotopic (exact) mass is 243 g/mol. The lowest BCUT2D eigenvalue weighted by molar-refractivity contribution is -0.141. The number of hydrogen-bond acceptors (Lipinski definition) is 3. The number of benzene rings is 1. The topological polar surface area (TPSA) is 80.4 Å². The second kappa shape index (κ2) is 4.99. The fourth-order valence-electron chi connectivity index (χ4n) is 1.13. The molecule has 0 aliphatic carbocycles. The number of carboxylic acids is 1. The fourth-order valence-corrected chi connectivity index (χ4v) is 1.31. The lowest BCUT2D eigenvalue weighted by Gasteiger charge is -2.07. The van der Waals surface area contributed by atoms with Crippen LogP contribution in [0.3, 0.4) is 0 Å². The van der Waals surface area contributed by atoms with Gasteiger partial charge in [0.1, 0.15) is 0 Å². The maximum atomic E-state index is 11.9. The van der Waals surface area contributed by atoms with Crippen molar-refractivity contribution < 1.29 is 17.4 Å². The van der Waals surface area contributed by atoms with E-state index >= 15 is 0 Å². The molecule has 16 heavy (non-hydrogen) atoms. The summed E-state index contributed by atoms with van der Waals surface area (Å²) in [5, 5.41) is 9.00. The second-order valence-electron chi connectivity index (χ2n) is 3.33. The number of halogens is 1. The Hall–Kier alpha value is -1.55. The molecular formula is C11H12ClNO3. The number of rotatable bonds is 4. The number of Topliss-reactive ketones (excluding diaryl/α,β-unsaturated/α-hetero) is 1. The molecule has 3 N–H and O–H groups in total. The third-order valence-electron chi connectivity index (χ3n) is 2.01. The lowest BCUT2D eigenvalue weighted by Crippen LogP contribution is -2.15. The van der Waals surface area contributed by atoms with Crippen molar-refractivity contribution in [3.8, 4) is 0 Å². The molecule has 0 saturated carbocycles. The maximum absolute atomic E-state index is 11.9. The molecule has 1 atom stereocenters. The van der Waals surface area contributed by atoms with Crippen molar-refractivity contribution in [3.05, 3.63) is 28.8 Å². The third-order valence-corrected chi connectivity index (χ3v) is 2.22. The van der Waals surface area contributed by atoms with Gasteiger partial charge in [-0.25, -0.2) is 0 Å². The largest absolute Gasteiger partial charge is 0.481 e. The van der Waals surface area contributed by atoms with Crippen molar-refractivity contribution in [2.75, 3.05) is 5.73 Å². The summed E-state index contributed by atoms with van der Waals surface area (Å²) < 4.78 is 15.1. The molecule has 86 valence electrons. The second-order valence-corrected chi connectivity index (χ2v) is 3.77. The summed E-state index contributed by atoms with van der Waals surface area (Å²) in [6.45, 7) is 1.11. The van der Waals surface area contributed by atoms with Crippen LogP contribution in [0.5, 0.6) is 0 Å². The summed E-state index contributed by atoms with van der Waals surface area (Å²) in [6.07, 6.45) is -0.556. The molecule has 0 saturated heterocycles. The number of hydrogen-bond donors (Lipinski definition) is 2. The van der Waals surface area contributed by atoms with Gasteiger partial charge in [-0.15, -0.1) is 0 Å². The van der Waals surface area contributed by atoms with Crippen molar-refractivity contribution in [2.45, 2.75) is 13.3 Å². The minimum Gasteiger partial charge on any atom is -0.481 e. The van der Waals surface area contributed by atoms with Gasteiger partial charge < -0.3 is 10.8 Å². The van der Waals surface area contributed by atoms with Crippen LogP contribution in [0.15, 0.2) is 18.2 Å². The zero-order chi connectivity index (χ0) is 14.1. The first-order chi connectivity index (χ1) is 8.15. The zero-order valence-electron chi connectivity index (χ0n) is 10.6. The number of nitrogens with two attached hydrogens (primary N) is 1. The molecule has 1 aromatic rings. The van der Waals surface area contributed by atoms with E-state index in [1.807, 2.05) is 0 Å². The number of carbonyl (C=O) groups is 2. The van der Waals surface area contributed by atoms with Gasteiger partial charge >= 0.3 is 5.97 Å². The summed E-state index contributed by atoms with van der Waals surface area (Å²) in [5.41, 5.74) is 5.50. The van der Waals surface area contributed by atoms with Crippen molar-refractivity contribution in [3.63, 3.8) is 0 Å². The van der Waals surface area contributed by atoms with E-state index in [4.69, 9.17) is 25.2 Å². The molecule has 1 rings (SSSR count). The highest BCUT2D eigenvalue weighted by molar-refractivity contribution is 6.31. The normalized spacial score (nSPS) is 15.9. The number of nitrogen functional groups attached to an aromatic ring is 1. The van der Waals surface area contributed by atoms with Gasteiger partial charge in [-0.2, -0.15) is 0 Å². The quantitative estimate of drug-likeness (QED) is 0.628. The molecule has 4 nitrogen and oxygen atoms in total. The summed E-state index contributed by atoms with van der Waals surface area (Å²) in [6, 6.07) is 2.38. The van der Waals surface area contributed by atoms with Gasteiger partial charge in [0.15, 0.2) is 5.78 Å². The molecular weight excluding hydrogens is 230 g/mol. The zero-order valence-corrected chi connectivity index (χ0v) is 9.34. The van der Waals surface area contributed by atoms with Gasteiger partial charge in [0.2, 0.25) is 0 Å². The first kappa shape index (κ1) is 9.66. The Morgan fingerprint density at radius 3 is 2.88 bits per heavy atom. The van der Waals surface area contributed by atoms with Crippen molar-refractivity contribution in [2.24, 2.45) is 5.89 Å². The van der Waals surface area contributed by atoms with Crippen LogP contribution in [-0.4, -0.2) is 16.9 Å². The van der Waals surface area contributed by atoms with Crippen molar-refractivity contribution in [1.82, 2.24) is 0 Å². The van der Waals surface area contributed by atoms with Crippen LogP contribution >= 0.6 is 11.6 Å². The fraction of sp³-hybridized carbons (Fsp3) is 0.273. The van der Waals surface area contributed by atoms with Crippen LogP contribution in [-0.2, 0) is 4.79 Å². The molecule has 0 fully saturated rings. The molecule has 1 aromatic carbocycles. The first-order valence-corrected chi connectivity index (χ1v) is 4.85. The number of aliphatic carboxylic acids is 1. The van der Waals surface area contributed by atoms with Gasteiger partial charge in [0, 0.05) is 24.1 Å². The van der Waals surface area contributed by atoms with E-state index in [-0.39, 0.29) is 22.3 Å². The van der Waals surface area contributed by atoms with Gasteiger partial charge in [-0.05, 0) is 18.2 Å². The van der Waals surface area contributed by atoms with Gasteiger partial charge in [0.25, 0.3) is 0 Å². The van der Waals surface area contributed by atoms with E-state index in [0.717, 1.165) is 6.92 Å². The Labute approximate surface area is 101 Å². The smallest absolute Gasteiger partial charge is 0.306 e. The average Bonchev–Trinajstić information content (AvgIpc) is 2.13. The first-order valence-electron chi connectivity index (χ1n) is 5.47. The van der Waals surface area contributed by atoms with Crippen LogP contribution in [0.4, 0.5) is 5.69 Å². The van der Waals surface area contributed by atoms with Crippen LogP contribution in [0.1, 0.15) is 26.4 Å². The van der Waals surface area contributed by atoms with Crippen LogP contribution in [0.25, 0.3) is 0 Å². The van der Waals surface area contributed by atoms with Crippen LogP contribution in [0.2, 0.25) is 5.02 Å². The Morgan fingerprint density at radius 2 is 2.38 bits per heavy atom. The van der Waals surface area contributed by atoms with E-state index in [1.165, 1.54) is 12.1 Å². The Balaban J connectivity index is 3.10. The highest BCUT2D eigenvalue weighted by Gasteiger charge is 2.18. The highest BCUT2D eigenvalue weighted by atomic mass is 35.5. The summed E-state index contributed by atoms with van der Waals surface area (Å²) in [4.78, 5) is 22.7. The molecule has 0 bridgehead atoms. The predicted molar refractivity (Wildman–Crippen MR) is 61.6 cm³/mol. The van der Waals surface area contributed by atoms with Gasteiger partial charge in [-0.3, -0.25) is 9.59 Å². The molecule has 0 aromatic heterocycles. The van der Waals surface area contributed by atoms with E-state index in [1.54, 1.807) is 0 Å². The van der Waals surface area contributed by atoms with Crippen molar-refractivity contribution >= 4 is 29.0 Å². The Bertz CT molecular complexity index is 494. The predicted octanol–water partition coefficient (Wildman–Crippen LogP) is 2.22. The standard InChI is InChI=1S/C11H12ClNO3/c1-6(11(15)16)4-10(14)8-3-2-7(12)5-9(8)13/h2-3,5-6H,4,13H2,1H3,(H,15,16)/i3D,6D. The Kier molecular flexibility index (Phi) is 3.01. The molecule has 1 unspecified atom stereocenters.